The Bertz CT molecular complexity index is 185. The van der Waals surface area contributed by atoms with Crippen LogP contribution in [0.5, 0.6) is 0 Å². The predicted octanol–water partition coefficient (Wildman–Crippen LogP) is 4.47. The van der Waals surface area contributed by atoms with Crippen molar-refractivity contribution in [2.24, 2.45) is 0 Å². The molecule has 1 aliphatic heterocycles. The minimum atomic E-state index is -2.39. The summed E-state index contributed by atoms with van der Waals surface area (Å²) in [5.74, 6) is -2.39. The van der Waals surface area contributed by atoms with E-state index in [2.05, 4.69) is 11.8 Å². The second kappa shape index (κ2) is 8.02. The minimum Gasteiger partial charge on any atom is -0.303 e. The molecule has 102 valence electrons. The number of halogens is 2. The van der Waals surface area contributed by atoms with Crippen LogP contribution in [0.25, 0.3) is 0 Å². The Balaban J connectivity index is 1.90. The van der Waals surface area contributed by atoms with Gasteiger partial charge in [-0.1, -0.05) is 45.4 Å². The molecular formula is C14H27F2N. The lowest BCUT2D eigenvalue weighted by atomic mass is 10.1. The lowest BCUT2D eigenvalue weighted by Crippen LogP contribution is -2.39. The van der Waals surface area contributed by atoms with E-state index >= 15 is 0 Å². The molecule has 1 saturated heterocycles. The molecule has 3 heteroatoms. The summed E-state index contributed by atoms with van der Waals surface area (Å²) in [5.41, 5.74) is 0. The zero-order chi connectivity index (χ0) is 12.6. The van der Waals surface area contributed by atoms with Gasteiger partial charge in [0.2, 0.25) is 0 Å². The molecular weight excluding hydrogens is 220 g/mol. The fraction of sp³-hybridized carbons (Fsp3) is 1.00. The van der Waals surface area contributed by atoms with Gasteiger partial charge < -0.3 is 4.90 Å². The Morgan fingerprint density at radius 1 is 0.882 bits per heavy atom. The average Bonchev–Trinajstić information content (AvgIpc) is 2.30. The fourth-order valence-electron chi connectivity index (χ4n) is 2.40. The second-order valence-electron chi connectivity index (χ2n) is 5.32. The van der Waals surface area contributed by atoms with E-state index in [-0.39, 0.29) is 12.8 Å². The van der Waals surface area contributed by atoms with Crippen molar-refractivity contribution in [3.8, 4) is 0 Å². The van der Waals surface area contributed by atoms with Gasteiger partial charge in [0, 0.05) is 25.9 Å². The minimum absolute atomic E-state index is 0.0590. The van der Waals surface area contributed by atoms with Gasteiger partial charge in [-0.15, -0.1) is 0 Å². The quantitative estimate of drug-likeness (QED) is 0.572. The van der Waals surface area contributed by atoms with Crippen molar-refractivity contribution in [3.63, 3.8) is 0 Å². The molecule has 0 spiro atoms. The third-order valence-electron chi connectivity index (χ3n) is 3.67. The molecule has 17 heavy (non-hydrogen) atoms. The smallest absolute Gasteiger partial charge is 0.250 e. The first kappa shape index (κ1) is 14.9. The van der Waals surface area contributed by atoms with Crippen molar-refractivity contribution in [3.05, 3.63) is 0 Å². The van der Waals surface area contributed by atoms with E-state index in [0.717, 1.165) is 6.54 Å². The van der Waals surface area contributed by atoms with E-state index in [1.807, 2.05) is 0 Å². The van der Waals surface area contributed by atoms with Crippen molar-refractivity contribution >= 4 is 0 Å². The maximum atomic E-state index is 12.9. The normalized spacial score (nSPS) is 20.6. The molecule has 0 atom stereocenters. The number of piperidine rings is 1. The number of likely N-dealkylation sites (tertiary alicyclic amines) is 1. The van der Waals surface area contributed by atoms with E-state index in [0.29, 0.717) is 13.1 Å². The monoisotopic (exact) mass is 247 g/mol. The van der Waals surface area contributed by atoms with Gasteiger partial charge in [0.1, 0.15) is 0 Å². The fourth-order valence-corrected chi connectivity index (χ4v) is 2.40. The zero-order valence-corrected chi connectivity index (χ0v) is 11.2. The molecule has 0 radical (unpaired) electrons. The van der Waals surface area contributed by atoms with Crippen LogP contribution in [0.15, 0.2) is 0 Å². The van der Waals surface area contributed by atoms with Crippen molar-refractivity contribution in [2.45, 2.75) is 70.6 Å². The first-order chi connectivity index (χ1) is 8.14. The van der Waals surface area contributed by atoms with Crippen LogP contribution in [-0.4, -0.2) is 30.5 Å². The standard InChI is InChI=1S/C14H27F2N/c1-2-3-4-5-6-7-8-11-17-12-9-14(15,16)10-13-17/h2-13H2,1H3. The second-order valence-corrected chi connectivity index (χ2v) is 5.32. The lowest BCUT2D eigenvalue weighted by molar-refractivity contribution is -0.0552. The number of hydrogen-bond acceptors (Lipinski definition) is 1. The highest BCUT2D eigenvalue weighted by molar-refractivity contribution is 4.77. The number of alkyl halides is 2. The number of unbranched alkanes of at least 4 members (excludes halogenated alkanes) is 6. The van der Waals surface area contributed by atoms with E-state index in [9.17, 15) is 8.78 Å². The van der Waals surface area contributed by atoms with Crippen molar-refractivity contribution in [1.82, 2.24) is 4.90 Å². The van der Waals surface area contributed by atoms with Gasteiger partial charge in [-0.3, -0.25) is 0 Å². The maximum absolute atomic E-state index is 12.9. The molecule has 1 heterocycles. The summed E-state index contributed by atoms with van der Waals surface area (Å²) in [4.78, 5) is 2.20. The highest BCUT2D eigenvalue weighted by Crippen LogP contribution is 2.27. The molecule has 1 aliphatic rings. The van der Waals surface area contributed by atoms with Crippen LogP contribution in [0, 0.1) is 0 Å². The van der Waals surface area contributed by atoms with Gasteiger partial charge in [-0.05, 0) is 13.0 Å². The van der Waals surface area contributed by atoms with Gasteiger partial charge in [0.05, 0.1) is 0 Å². The molecule has 0 aromatic rings. The lowest BCUT2D eigenvalue weighted by Gasteiger charge is -2.31. The van der Waals surface area contributed by atoms with Crippen molar-refractivity contribution in [2.75, 3.05) is 19.6 Å². The summed E-state index contributed by atoms with van der Waals surface area (Å²) in [6.45, 7) is 4.42. The average molecular weight is 247 g/mol. The largest absolute Gasteiger partial charge is 0.303 e. The summed E-state index contributed by atoms with van der Waals surface area (Å²) < 4.78 is 25.8. The molecule has 0 amide bonds. The first-order valence-corrected chi connectivity index (χ1v) is 7.24. The maximum Gasteiger partial charge on any atom is 0.250 e. The predicted molar refractivity (Wildman–Crippen MR) is 68.6 cm³/mol. The Labute approximate surface area is 105 Å². The molecule has 1 rings (SSSR count). The molecule has 0 N–H and O–H groups in total. The van der Waals surface area contributed by atoms with Crippen LogP contribution in [0.1, 0.15) is 64.7 Å². The van der Waals surface area contributed by atoms with Gasteiger partial charge >= 0.3 is 0 Å². The SMILES string of the molecule is CCCCCCCCCN1CCC(F)(F)CC1. The van der Waals surface area contributed by atoms with E-state index in [1.54, 1.807) is 0 Å². The Morgan fingerprint density at radius 2 is 1.41 bits per heavy atom. The summed E-state index contributed by atoms with van der Waals surface area (Å²) in [6.07, 6.45) is 9.20. The van der Waals surface area contributed by atoms with E-state index < -0.39 is 5.92 Å². The van der Waals surface area contributed by atoms with Crippen molar-refractivity contribution < 1.29 is 8.78 Å². The molecule has 1 nitrogen and oxygen atoms in total. The van der Waals surface area contributed by atoms with Crippen LogP contribution in [0.2, 0.25) is 0 Å². The van der Waals surface area contributed by atoms with Crippen LogP contribution in [0.4, 0.5) is 8.78 Å². The number of hydrogen-bond donors (Lipinski definition) is 0. The van der Waals surface area contributed by atoms with Gasteiger partial charge in [-0.25, -0.2) is 8.78 Å². The van der Waals surface area contributed by atoms with Crippen LogP contribution in [-0.2, 0) is 0 Å². The van der Waals surface area contributed by atoms with Gasteiger partial charge in [-0.2, -0.15) is 0 Å². The zero-order valence-electron chi connectivity index (χ0n) is 11.2. The van der Waals surface area contributed by atoms with Crippen LogP contribution < -0.4 is 0 Å². The highest BCUT2D eigenvalue weighted by atomic mass is 19.3. The van der Waals surface area contributed by atoms with Gasteiger partial charge in [0.15, 0.2) is 0 Å². The summed E-state index contributed by atoms with van der Waals surface area (Å²) >= 11 is 0. The summed E-state index contributed by atoms with van der Waals surface area (Å²) in [5, 5.41) is 0. The molecule has 1 fully saturated rings. The van der Waals surface area contributed by atoms with E-state index in [1.165, 1.54) is 44.9 Å². The Hall–Kier alpha value is -0.180. The highest BCUT2D eigenvalue weighted by Gasteiger charge is 2.33. The summed E-state index contributed by atoms with van der Waals surface area (Å²) in [6, 6.07) is 0. The number of rotatable bonds is 8. The molecule has 0 bridgehead atoms. The first-order valence-electron chi connectivity index (χ1n) is 7.24. The number of nitrogens with zero attached hydrogens (tertiary/aromatic N) is 1. The van der Waals surface area contributed by atoms with E-state index in [4.69, 9.17) is 0 Å². The third-order valence-corrected chi connectivity index (χ3v) is 3.67. The molecule has 0 aromatic carbocycles. The third kappa shape index (κ3) is 6.97. The van der Waals surface area contributed by atoms with Crippen molar-refractivity contribution in [1.29, 1.82) is 0 Å². The Kier molecular flexibility index (Phi) is 7.02. The molecule has 0 unspecified atom stereocenters. The molecule has 0 aromatic heterocycles. The van der Waals surface area contributed by atoms with Crippen LogP contribution >= 0.6 is 0 Å². The molecule has 0 saturated carbocycles. The topological polar surface area (TPSA) is 3.24 Å². The molecule has 0 aliphatic carbocycles. The van der Waals surface area contributed by atoms with Crippen LogP contribution in [0.3, 0.4) is 0 Å². The summed E-state index contributed by atoms with van der Waals surface area (Å²) in [7, 11) is 0. The Morgan fingerprint density at radius 3 is 2.00 bits per heavy atom. The van der Waals surface area contributed by atoms with Gasteiger partial charge in [0.25, 0.3) is 5.92 Å².